The second-order valence-electron chi connectivity index (χ2n) is 5.50. The summed E-state index contributed by atoms with van der Waals surface area (Å²) in [5.41, 5.74) is 1.38. The molecule has 14 heavy (non-hydrogen) atoms. The standard InChI is InChI=1S/C14H28/c1-6-9-11-13(5)12(4)14(13,8-3)10-7-2/h12H,6-11H2,1-5H3. The average Bonchev–Trinajstić information content (AvgIpc) is 2.64. The Balaban J connectivity index is 2.62. The van der Waals surface area contributed by atoms with Gasteiger partial charge >= 0.3 is 0 Å². The van der Waals surface area contributed by atoms with Gasteiger partial charge in [-0.25, -0.2) is 0 Å². The van der Waals surface area contributed by atoms with Crippen LogP contribution < -0.4 is 0 Å². The fraction of sp³-hybridized carbons (Fsp3) is 1.00. The molecular formula is C14H28. The fourth-order valence-corrected chi connectivity index (χ4v) is 3.95. The van der Waals surface area contributed by atoms with E-state index in [9.17, 15) is 0 Å². The van der Waals surface area contributed by atoms with Crippen LogP contribution in [0.15, 0.2) is 0 Å². The fourth-order valence-electron chi connectivity index (χ4n) is 3.95. The number of hydrogen-bond acceptors (Lipinski definition) is 0. The van der Waals surface area contributed by atoms with Gasteiger partial charge in [0.1, 0.15) is 0 Å². The van der Waals surface area contributed by atoms with Crippen molar-refractivity contribution in [3.8, 4) is 0 Å². The Hall–Kier alpha value is 0. The van der Waals surface area contributed by atoms with E-state index in [1.54, 1.807) is 0 Å². The topological polar surface area (TPSA) is 0 Å². The summed E-state index contributed by atoms with van der Waals surface area (Å²) >= 11 is 0. The molecule has 0 spiro atoms. The minimum atomic E-state index is 0.674. The largest absolute Gasteiger partial charge is 0.0654 e. The first-order valence-corrected chi connectivity index (χ1v) is 6.59. The Morgan fingerprint density at radius 1 is 1.00 bits per heavy atom. The predicted octanol–water partition coefficient (Wildman–Crippen LogP) is 5.03. The summed E-state index contributed by atoms with van der Waals surface area (Å²) in [6.45, 7) is 12.1. The van der Waals surface area contributed by atoms with Gasteiger partial charge in [0.05, 0.1) is 0 Å². The van der Waals surface area contributed by atoms with E-state index in [1.165, 1.54) is 38.5 Å². The van der Waals surface area contributed by atoms with E-state index in [1.807, 2.05) is 0 Å². The molecule has 0 aromatic heterocycles. The quantitative estimate of drug-likeness (QED) is 0.559. The van der Waals surface area contributed by atoms with Crippen LogP contribution in [-0.4, -0.2) is 0 Å². The van der Waals surface area contributed by atoms with Gasteiger partial charge in [0, 0.05) is 0 Å². The summed E-state index contributed by atoms with van der Waals surface area (Å²) in [5.74, 6) is 0.964. The zero-order chi connectivity index (χ0) is 10.8. The van der Waals surface area contributed by atoms with Crippen molar-refractivity contribution in [2.24, 2.45) is 16.7 Å². The van der Waals surface area contributed by atoms with Gasteiger partial charge in [-0.2, -0.15) is 0 Å². The minimum Gasteiger partial charge on any atom is -0.0654 e. The molecule has 3 unspecified atom stereocenters. The minimum absolute atomic E-state index is 0.674. The molecule has 3 atom stereocenters. The van der Waals surface area contributed by atoms with Gasteiger partial charge in [-0.3, -0.25) is 0 Å². The molecule has 0 amide bonds. The molecule has 1 aliphatic rings. The van der Waals surface area contributed by atoms with Gasteiger partial charge in [0.2, 0.25) is 0 Å². The first-order valence-electron chi connectivity index (χ1n) is 6.59. The van der Waals surface area contributed by atoms with Crippen molar-refractivity contribution in [2.75, 3.05) is 0 Å². The van der Waals surface area contributed by atoms with Crippen molar-refractivity contribution < 1.29 is 0 Å². The molecule has 0 aromatic carbocycles. The molecule has 0 radical (unpaired) electrons. The lowest BCUT2D eigenvalue weighted by Gasteiger charge is -2.20. The smallest absolute Gasteiger partial charge is 0.0213 e. The first kappa shape index (κ1) is 12.1. The lowest BCUT2D eigenvalue weighted by Crippen LogP contribution is -2.10. The molecule has 0 saturated heterocycles. The van der Waals surface area contributed by atoms with E-state index in [0.29, 0.717) is 10.8 Å². The third-order valence-corrected chi connectivity index (χ3v) is 5.22. The van der Waals surface area contributed by atoms with Crippen molar-refractivity contribution in [1.82, 2.24) is 0 Å². The Kier molecular flexibility index (Phi) is 3.66. The Bertz CT molecular complexity index is 184. The van der Waals surface area contributed by atoms with Crippen LogP contribution in [-0.2, 0) is 0 Å². The summed E-state index contributed by atoms with van der Waals surface area (Å²) in [7, 11) is 0. The molecule has 84 valence electrons. The second-order valence-corrected chi connectivity index (χ2v) is 5.50. The van der Waals surface area contributed by atoms with Gasteiger partial charge in [-0.15, -0.1) is 0 Å². The van der Waals surface area contributed by atoms with E-state index in [4.69, 9.17) is 0 Å². The number of rotatable bonds is 6. The molecule has 0 N–H and O–H groups in total. The maximum Gasteiger partial charge on any atom is -0.0213 e. The highest BCUT2D eigenvalue weighted by atomic mass is 14.7. The molecule has 1 aliphatic carbocycles. The summed E-state index contributed by atoms with van der Waals surface area (Å²) in [6, 6.07) is 0. The molecule has 0 bridgehead atoms. The molecule has 0 nitrogen and oxygen atoms in total. The SMILES string of the molecule is CCCCC1(C)C(C)C1(CC)CCC. The third-order valence-electron chi connectivity index (χ3n) is 5.22. The molecular weight excluding hydrogens is 168 g/mol. The van der Waals surface area contributed by atoms with Gasteiger partial charge in [0.15, 0.2) is 0 Å². The van der Waals surface area contributed by atoms with Crippen LogP contribution in [0.1, 0.15) is 73.1 Å². The molecule has 0 aliphatic heterocycles. The number of unbranched alkanes of at least 4 members (excludes halogenated alkanes) is 1. The van der Waals surface area contributed by atoms with Gasteiger partial charge in [-0.05, 0) is 36.0 Å². The van der Waals surface area contributed by atoms with Crippen LogP contribution in [0.2, 0.25) is 0 Å². The van der Waals surface area contributed by atoms with Gasteiger partial charge in [-0.1, -0.05) is 53.9 Å². The molecule has 0 heterocycles. The highest BCUT2D eigenvalue weighted by molar-refractivity contribution is 5.16. The molecule has 0 heteroatoms. The maximum atomic E-state index is 2.53. The van der Waals surface area contributed by atoms with Gasteiger partial charge in [0.25, 0.3) is 0 Å². The van der Waals surface area contributed by atoms with Gasteiger partial charge < -0.3 is 0 Å². The summed E-state index contributed by atoms with van der Waals surface area (Å²) in [4.78, 5) is 0. The normalized spacial score (nSPS) is 41.4. The number of hydrogen-bond donors (Lipinski definition) is 0. The van der Waals surface area contributed by atoms with Crippen molar-refractivity contribution in [2.45, 2.75) is 73.1 Å². The highest BCUT2D eigenvalue weighted by Gasteiger charge is 2.67. The van der Waals surface area contributed by atoms with Crippen LogP contribution in [0.5, 0.6) is 0 Å². The van der Waals surface area contributed by atoms with Crippen molar-refractivity contribution in [1.29, 1.82) is 0 Å². The van der Waals surface area contributed by atoms with Crippen LogP contribution in [0.3, 0.4) is 0 Å². The van der Waals surface area contributed by atoms with Crippen molar-refractivity contribution in [3.05, 3.63) is 0 Å². The van der Waals surface area contributed by atoms with E-state index in [2.05, 4.69) is 34.6 Å². The summed E-state index contributed by atoms with van der Waals surface area (Å²) in [6.07, 6.45) is 8.44. The third kappa shape index (κ3) is 1.51. The van der Waals surface area contributed by atoms with E-state index in [-0.39, 0.29) is 0 Å². The Labute approximate surface area is 90.5 Å². The molecule has 1 rings (SSSR count). The lowest BCUT2D eigenvalue weighted by atomic mass is 9.84. The average molecular weight is 196 g/mol. The van der Waals surface area contributed by atoms with Crippen molar-refractivity contribution in [3.63, 3.8) is 0 Å². The monoisotopic (exact) mass is 196 g/mol. The maximum absolute atomic E-state index is 2.53. The lowest BCUT2D eigenvalue weighted by molar-refractivity contribution is 0.299. The van der Waals surface area contributed by atoms with E-state index < -0.39 is 0 Å². The highest BCUT2D eigenvalue weighted by Crippen LogP contribution is 2.74. The van der Waals surface area contributed by atoms with Crippen LogP contribution in [0.25, 0.3) is 0 Å². The van der Waals surface area contributed by atoms with Crippen molar-refractivity contribution >= 4 is 0 Å². The van der Waals surface area contributed by atoms with E-state index in [0.717, 1.165) is 5.92 Å². The summed E-state index contributed by atoms with van der Waals surface area (Å²) < 4.78 is 0. The first-order chi connectivity index (χ1) is 6.59. The second kappa shape index (κ2) is 4.24. The zero-order valence-corrected chi connectivity index (χ0v) is 10.8. The Morgan fingerprint density at radius 2 is 1.64 bits per heavy atom. The summed E-state index contributed by atoms with van der Waals surface area (Å²) in [5, 5.41) is 0. The van der Waals surface area contributed by atoms with Crippen LogP contribution in [0, 0.1) is 16.7 Å². The van der Waals surface area contributed by atoms with Crippen LogP contribution in [0.4, 0.5) is 0 Å². The van der Waals surface area contributed by atoms with E-state index >= 15 is 0 Å². The predicted molar refractivity (Wildman–Crippen MR) is 64.4 cm³/mol. The van der Waals surface area contributed by atoms with Crippen LogP contribution >= 0.6 is 0 Å². The Morgan fingerprint density at radius 3 is 2.07 bits per heavy atom. The molecule has 1 fully saturated rings. The molecule has 1 saturated carbocycles. The zero-order valence-electron chi connectivity index (χ0n) is 10.8. The molecule has 0 aromatic rings.